The van der Waals surface area contributed by atoms with Gasteiger partial charge in [-0.15, -0.1) is 16.9 Å². The van der Waals surface area contributed by atoms with Gasteiger partial charge in [0.1, 0.15) is 11.9 Å². The molecule has 5 aromatic rings. The van der Waals surface area contributed by atoms with Crippen LogP contribution < -0.4 is 5.56 Å². The monoisotopic (exact) mass is 476 g/mol. The highest BCUT2D eigenvalue weighted by Crippen LogP contribution is 2.48. The number of aromatic nitrogens is 4. The van der Waals surface area contributed by atoms with Crippen molar-refractivity contribution < 1.29 is 0 Å². The highest BCUT2D eigenvalue weighted by molar-refractivity contribution is 7.99. The Bertz CT molecular complexity index is 1610. The second kappa shape index (κ2) is 8.24. The van der Waals surface area contributed by atoms with E-state index in [0.29, 0.717) is 5.92 Å². The van der Waals surface area contributed by atoms with Gasteiger partial charge in [0.05, 0.1) is 11.2 Å². The lowest BCUT2D eigenvalue weighted by Gasteiger charge is -2.18. The molecular formula is C29H24N4OS. The van der Waals surface area contributed by atoms with Gasteiger partial charge in [0.15, 0.2) is 0 Å². The maximum Gasteiger partial charge on any atom is 0.253 e. The summed E-state index contributed by atoms with van der Waals surface area (Å²) in [4.78, 5) is 13.5. The molecule has 35 heavy (non-hydrogen) atoms. The Morgan fingerprint density at radius 2 is 1.71 bits per heavy atom. The van der Waals surface area contributed by atoms with Crippen LogP contribution in [-0.4, -0.2) is 25.3 Å². The van der Waals surface area contributed by atoms with Gasteiger partial charge in [-0.05, 0) is 52.6 Å². The summed E-state index contributed by atoms with van der Waals surface area (Å²) < 4.78 is 3.81. The Hall–Kier alpha value is -3.64. The lowest BCUT2D eigenvalue weighted by Crippen LogP contribution is -2.29. The topological polar surface area (TPSA) is 52.7 Å². The highest BCUT2D eigenvalue weighted by Gasteiger charge is 2.36. The van der Waals surface area contributed by atoms with Crippen molar-refractivity contribution in [3.8, 4) is 11.3 Å². The molecule has 1 fully saturated rings. The molecule has 0 radical (unpaired) electrons. The summed E-state index contributed by atoms with van der Waals surface area (Å²) in [5, 5.41) is 12.4. The van der Waals surface area contributed by atoms with Crippen LogP contribution in [0.2, 0.25) is 0 Å². The minimum Gasteiger partial charge on any atom is -0.279 e. The minimum atomic E-state index is -0.156. The van der Waals surface area contributed by atoms with Crippen LogP contribution in [0.3, 0.4) is 0 Å². The third kappa shape index (κ3) is 3.60. The molecule has 3 heterocycles. The van der Waals surface area contributed by atoms with Crippen molar-refractivity contribution >= 4 is 22.5 Å². The van der Waals surface area contributed by atoms with Crippen LogP contribution in [0.1, 0.15) is 41.6 Å². The number of pyridine rings is 1. The summed E-state index contributed by atoms with van der Waals surface area (Å²) >= 11 is 1.79. The number of rotatable bonds is 5. The zero-order chi connectivity index (χ0) is 23.4. The second-order valence-corrected chi connectivity index (χ2v) is 10.4. The molecule has 6 heteroatoms. The van der Waals surface area contributed by atoms with E-state index in [2.05, 4.69) is 52.8 Å². The van der Waals surface area contributed by atoms with Crippen LogP contribution in [0.5, 0.6) is 0 Å². The maximum absolute atomic E-state index is 13.5. The first-order valence-corrected chi connectivity index (χ1v) is 13.1. The van der Waals surface area contributed by atoms with Crippen molar-refractivity contribution in [2.45, 2.75) is 36.4 Å². The van der Waals surface area contributed by atoms with Gasteiger partial charge in [-0.1, -0.05) is 78.0 Å². The number of benzene rings is 3. The fourth-order valence-electron chi connectivity index (χ4n) is 5.29. The van der Waals surface area contributed by atoms with E-state index in [-0.39, 0.29) is 11.7 Å². The Morgan fingerprint density at radius 3 is 2.57 bits per heavy atom. The average Bonchev–Trinajstić information content (AvgIpc) is 3.42. The molecule has 7 rings (SSSR count). The number of fused-ring (bicyclic) bond motifs is 2. The predicted molar refractivity (Wildman–Crippen MR) is 140 cm³/mol. The molecule has 2 aromatic heterocycles. The molecule has 1 aliphatic carbocycles. The van der Waals surface area contributed by atoms with Crippen molar-refractivity contribution in [1.29, 1.82) is 0 Å². The molecule has 0 N–H and O–H groups in total. The average molecular weight is 477 g/mol. The summed E-state index contributed by atoms with van der Waals surface area (Å²) in [6.07, 6.45) is 4.98. The number of hydrogen-bond donors (Lipinski definition) is 0. The van der Waals surface area contributed by atoms with Crippen LogP contribution >= 0.6 is 11.8 Å². The van der Waals surface area contributed by atoms with E-state index < -0.39 is 0 Å². The zero-order valence-electron chi connectivity index (χ0n) is 19.2. The lowest BCUT2D eigenvalue weighted by atomic mass is 9.95. The van der Waals surface area contributed by atoms with Gasteiger partial charge in [0, 0.05) is 17.4 Å². The summed E-state index contributed by atoms with van der Waals surface area (Å²) in [6, 6.07) is 26.9. The Balaban J connectivity index is 1.30. The summed E-state index contributed by atoms with van der Waals surface area (Å²) in [6.45, 7) is 0. The molecule has 3 aromatic carbocycles. The normalized spacial score (nSPS) is 17.1. The van der Waals surface area contributed by atoms with Crippen LogP contribution in [0, 0.1) is 0 Å². The summed E-state index contributed by atoms with van der Waals surface area (Å²) in [5.74, 6) is 1.33. The number of nitrogens with zero attached hydrogens (tertiary/aromatic N) is 4. The van der Waals surface area contributed by atoms with Crippen molar-refractivity contribution in [1.82, 2.24) is 19.6 Å². The van der Waals surface area contributed by atoms with Gasteiger partial charge >= 0.3 is 0 Å². The smallest absolute Gasteiger partial charge is 0.253 e. The molecule has 1 atom stereocenters. The molecule has 1 aliphatic heterocycles. The molecule has 5 nitrogen and oxygen atoms in total. The molecule has 0 unspecified atom stereocenters. The molecule has 0 amide bonds. The first-order chi connectivity index (χ1) is 17.3. The van der Waals surface area contributed by atoms with E-state index in [4.69, 9.17) is 0 Å². The van der Waals surface area contributed by atoms with Crippen LogP contribution in [0.4, 0.5) is 0 Å². The fraction of sp³-hybridized carbons (Fsp3) is 0.207. The molecule has 0 spiro atoms. The molecule has 1 saturated carbocycles. The lowest BCUT2D eigenvalue weighted by molar-refractivity contribution is 0.400. The molecule has 0 bridgehead atoms. The van der Waals surface area contributed by atoms with Crippen molar-refractivity contribution in [3.63, 3.8) is 0 Å². The number of thioether (sulfide) groups is 1. The van der Waals surface area contributed by atoms with Crippen LogP contribution in [0.15, 0.2) is 94.9 Å². The fourth-order valence-corrected chi connectivity index (χ4v) is 6.70. The largest absolute Gasteiger partial charge is 0.279 e. The van der Waals surface area contributed by atoms with Crippen molar-refractivity contribution in [2.24, 2.45) is 0 Å². The predicted octanol–water partition coefficient (Wildman–Crippen LogP) is 5.88. The quantitative estimate of drug-likeness (QED) is 0.318. The SMILES string of the molecule is O=c1cc(Cc2cccc3ccccc23)c(C2CC2)c2n1[C@H](n1cc(-c3ccccc3)nn1)CS2. The summed E-state index contributed by atoms with van der Waals surface area (Å²) in [7, 11) is 0. The highest BCUT2D eigenvalue weighted by atomic mass is 32.2. The van der Waals surface area contributed by atoms with Gasteiger partial charge < -0.3 is 0 Å². The maximum atomic E-state index is 13.5. The van der Waals surface area contributed by atoms with Gasteiger partial charge in [-0.2, -0.15) is 0 Å². The molecule has 2 aliphatic rings. The van der Waals surface area contributed by atoms with Gasteiger partial charge in [-0.3, -0.25) is 9.36 Å². The third-order valence-corrected chi connectivity index (χ3v) is 8.28. The van der Waals surface area contributed by atoms with Crippen molar-refractivity contribution in [3.05, 3.63) is 112 Å². The Kier molecular flexibility index (Phi) is 4.87. The van der Waals surface area contributed by atoms with Crippen LogP contribution in [-0.2, 0) is 6.42 Å². The Labute approximate surface area is 207 Å². The third-order valence-electron chi connectivity index (χ3n) is 7.13. The van der Waals surface area contributed by atoms with E-state index in [1.165, 1.54) is 40.3 Å². The number of hydrogen-bond acceptors (Lipinski definition) is 4. The first-order valence-electron chi connectivity index (χ1n) is 12.1. The van der Waals surface area contributed by atoms with E-state index in [1.54, 1.807) is 11.8 Å². The zero-order valence-corrected chi connectivity index (χ0v) is 20.0. The standard InChI is InChI=1S/C29H24N4OS/c34-27-16-23(15-22-11-6-10-19-7-4-5-12-24(19)22)28(21-13-14-21)29-33(27)26(18-35-29)32-17-25(30-31-32)20-8-2-1-3-9-20/h1-12,16-17,21,26H,13-15,18H2/t26-/m0/s1. The molecule has 0 saturated heterocycles. The van der Waals surface area contributed by atoms with Gasteiger partial charge in [0.2, 0.25) is 0 Å². The van der Waals surface area contributed by atoms with E-state index >= 15 is 0 Å². The molecule has 172 valence electrons. The van der Waals surface area contributed by atoms with E-state index in [1.807, 2.05) is 51.8 Å². The van der Waals surface area contributed by atoms with Crippen molar-refractivity contribution in [2.75, 3.05) is 5.75 Å². The first kappa shape index (κ1) is 20.7. The molecular weight excluding hydrogens is 452 g/mol. The van der Waals surface area contributed by atoms with Gasteiger partial charge in [0.25, 0.3) is 5.56 Å². The van der Waals surface area contributed by atoms with Crippen LogP contribution in [0.25, 0.3) is 22.0 Å². The van der Waals surface area contributed by atoms with Gasteiger partial charge in [-0.25, -0.2) is 4.68 Å². The second-order valence-electron chi connectivity index (χ2n) is 9.43. The summed E-state index contributed by atoms with van der Waals surface area (Å²) in [5.41, 5.74) is 5.72. The van der Waals surface area contributed by atoms with E-state index in [0.717, 1.165) is 28.5 Å². The Morgan fingerprint density at radius 1 is 0.914 bits per heavy atom. The minimum absolute atomic E-state index is 0.0476. The van der Waals surface area contributed by atoms with E-state index in [9.17, 15) is 4.79 Å².